The minimum absolute atomic E-state index is 0.0632. The van der Waals surface area contributed by atoms with Crippen molar-refractivity contribution in [3.63, 3.8) is 0 Å². The van der Waals surface area contributed by atoms with Crippen molar-refractivity contribution in [1.29, 1.82) is 0 Å². The molecule has 6 aliphatic rings. The number of carbonyl (C=O) groups excluding carboxylic acids is 4. The van der Waals surface area contributed by atoms with Gasteiger partial charge < -0.3 is 45.0 Å². The molecule has 7 atom stereocenters. The minimum Gasteiger partial charge on any atom is -0.388 e. The molecule has 6 rings (SSSR count). The molecule has 0 aliphatic carbocycles. The number of hydrogen-bond donors (Lipinski definition) is 4. The quantitative estimate of drug-likeness (QED) is 0.257. The van der Waals surface area contributed by atoms with Gasteiger partial charge in [-0.2, -0.15) is 0 Å². The number of nitrogens with zero attached hydrogens (tertiary/aromatic N) is 4. The van der Waals surface area contributed by atoms with Crippen LogP contribution in [0.5, 0.6) is 0 Å². The SMILES string of the molecule is CN1CCC(N2C[C@@H]3C[C@H]2C(=O)N2CCN(C(=O)C4CCOCC4)[C@@H](C2)C(=O)NC[C@H]2O[C@@H](CC(=O)N3)[C@H](O)[C@@H]2O)CC1. The number of ether oxygens (including phenoxy) is 2. The third-order valence-corrected chi connectivity index (χ3v) is 10.3. The molecule has 4 amide bonds. The van der Waals surface area contributed by atoms with E-state index in [0.717, 1.165) is 25.9 Å². The Hall–Kier alpha value is -2.36. The molecule has 0 unspecified atom stereocenters. The Labute approximate surface area is 252 Å². The van der Waals surface area contributed by atoms with Gasteiger partial charge in [-0.05, 0) is 52.2 Å². The van der Waals surface area contributed by atoms with Crippen molar-refractivity contribution in [2.75, 3.05) is 66.1 Å². The Bertz CT molecular complexity index is 1070. The van der Waals surface area contributed by atoms with E-state index < -0.39 is 42.4 Å². The highest BCUT2D eigenvalue weighted by molar-refractivity contribution is 5.91. The van der Waals surface area contributed by atoms with Crippen LogP contribution in [0.3, 0.4) is 0 Å². The van der Waals surface area contributed by atoms with Crippen LogP contribution in [-0.4, -0.2) is 168 Å². The zero-order valence-corrected chi connectivity index (χ0v) is 24.9. The summed E-state index contributed by atoms with van der Waals surface area (Å²) in [4.78, 5) is 62.4. The summed E-state index contributed by atoms with van der Waals surface area (Å²) in [5, 5.41) is 27.1. The Morgan fingerprint density at radius 2 is 1.63 bits per heavy atom. The second kappa shape index (κ2) is 12.9. The van der Waals surface area contributed by atoms with Crippen molar-refractivity contribution in [3.05, 3.63) is 0 Å². The van der Waals surface area contributed by atoms with Gasteiger partial charge >= 0.3 is 0 Å². The summed E-state index contributed by atoms with van der Waals surface area (Å²) in [6.45, 7) is 3.90. The van der Waals surface area contributed by atoms with Gasteiger partial charge in [0.2, 0.25) is 23.6 Å². The fraction of sp³-hybridized carbons (Fsp3) is 0.862. The Morgan fingerprint density at radius 3 is 2.37 bits per heavy atom. The number of hydrogen-bond acceptors (Lipinski definition) is 10. The maximum Gasteiger partial charge on any atom is 0.244 e. The first kappa shape index (κ1) is 30.7. The molecule has 6 aliphatic heterocycles. The highest BCUT2D eigenvalue weighted by atomic mass is 16.5. The summed E-state index contributed by atoms with van der Waals surface area (Å²) >= 11 is 0. The van der Waals surface area contributed by atoms with Gasteiger partial charge in [-0.3, -0.25) is 24.1 Å². The highest BCUT2D eigenvalue weighted by Crippen LogP contribution is 2.30. The van der Waals surface area contributed by atoms with Crippen LogP contribution in [-0.2, 0) is 28.7 Å². The standard InChI is InChI=1S/C29H46N6O8/c1-32-6-2-19(3-7-32)35-15-18-12-20(35)29(41)33-8-9-34(28(40)17-4-10-42-11-5-17)21(16-33)27(39)30-14-23-26(38)25(37)22(43-23)13-24(36)31-18/h17-23,25-26,37-38H,2-16H2,1H3,(H,30,39)(H,31,36)/t18-,20-,21-,22-,23+,25-,26+/m0/s1. The molecule has 43 heavy (non-hydrogen) atoms. The van der Waals surface area contributed by atoms with Crippen molar-refractivity contribution < 1.29 is 38.9 Å². The van der Waals surface area contributed by atoms with Crippen molar-refractivity contribution in [3.8, 4) is 0 Å². The van der Waals surface area contributed by atoms with Crippen LogP contribution in [0.4, 0.5) is 0 Å². The monoisotopic (exact) mass is 606 g/mol. The Kier molecular flexibility index (Phi) is 9.22. The lowest BCUT2D eigenvalue weighted by atomic mass is 9.96. The molecule has 0 aromatic heterocycles. The molecule has 240 valence electrons. The molecule has 0 saturated carbocycles. The smallest absolute Gasteiger partial charge is 0.244 e. The van der Waals surface area contributed by atoms with Gasteiger partial charge in [0.15, 0.2) is 0 Å². The second-order valence-corrected chi connectivity index (χ2v) is 13.1. The van der Waals surface area contributed by atoms with Gasteiger partial charge in [-0.1, -0.05) is 0 Å². The average molecular weight is 607 g/mol. The van der Waals surface area contributed by atoms with Crippen LogP contribution in [0.25, 0.3) is 0 Å². The van der Waals surface area contributed by atoms with Gasteiger partial charge in [0, 0.05) is 57.4 Å². The number of amides is 4. The van der Waals surface area contributed by atoms with Crippen molar-refractivity contribution in [2.45, 2.75) is 87.1 Å². The number of aliphatic hydroxyl groups excluding tert-OH is 2. The molecule has 0 radical (unpaired) electrons. The van der Waals surface area contributed by atoms with Gasteiger partial charge in [0.25, 0.3) is 0 Å². The molecule has 6 bridgehead atoms. The van der Waals surface area contributed by atoms with Crippen molar-refractivity contribution in [1.82, 2.24) is 30.2 Å². The molecular weight excluding hydrogens is 560 g/mol. The molecule has 6 saturated heterocycles. The number of likely N-dealkylation sites (tertiary alicyclic amines) is 2. The summed E-state index contributed by atoms with van der Waals surface area (Å²) in [5.41, 5.74) is 0. The number of piperidine rings is 1. The number of nitrogens with one attached hydrogen (secondary N) is 2. The number of rotatable bonds is 2. The molecule has 0 spiro atoms. The molecule has 6 heterocycles. The normalized spacial score (nSPS) is 37.8. The van der Waals surface area contributed by atoms with Crippen LogP contribution in [0, 0.1) is 5.92 Å². The highest BCUT2D eigenvalue weighted by Gasteiger charge is 2.48. The average Bonchev–Trinajstić information content (AvgIpc) is 3.55. The molecule has 0 aromatic rings. The fourth-order valence-corrected chi connectivity index (χ4v) is 7.75. The molecule has 0 aromatic carbocycles. The van der Waals surface area contributed by atoms with E-state index >= 15 is 0 Å². The maximum atomic E-state index is 14.2. The third-order valence-electron chi connectivity index (χ3n) is 10.3. The van der Waals surface area contributed by atoms with E-state index in [9.17, 15) is 29.4 Å². The van der Waals surface area contributed by atoms with Crippen LogP contribution >= 0.6 is 0 Å². The van der Waals surface area contributed by atoms with Gasteiger partial charge in [0.1, 0.15) is 24.4 Å². The number of piperazine rings is 1. The Morgan fingerprint density at radius 1 is 0.907 bits per heavy atom. The molecule has 4 N–H and O–H groups in total. The summed E-state index contributed by atoms with van der Waals surface area (Å²) in [6.07, 6.45) is -1.10. The first-order valence-electron chi connectivity index (χ1n) is 15.9. The van der Waals surface area contributed by atoms with Crippen molar-refractivity contribution >= 4 is 23.6 Å². The first-order chi connectivity index (χ1) is 20.7. The lowest BCUT2D eigenvalue weighted by Crippen LogP contribution is -2.64. The first-order valence-corrected chi connectivity index (χ1v) is 15.9. The molecule has 14 heteroatoms. The summed E-state index contributed by atoms with van der Waals surface area (Å²) in [7, 11) is 2.09. The lowest BCUT2D eigenvalue weighted by Gasteiger charge is -2.44. The van der Waals surface area contributed by atoms with Crippen LogP contribution in [0.1, 0.15) is 38.5 Å². The van der Waals surface area contributed by atoms with E-state index in [2.05, 4.69) is 27.5 Å². The summed E-state index contributed by atoms with van der Waals surface area (Å²) in [5.74, 6) is -1.16. The van der Waals surface area contributed by atoms with Crippen LogP contribution < -0.4 is 10.6 Å². The van der Waals surface area contributed by atoms with Crippen LogP contribution in [0.15, 0.2) is 0 Å². The molecular formula is C29H46N6O8. The van der Waals surface area contributed by atoms with Gasteiger partial charge in [-0.25, -0.2) is 0 Å². The van der Waals surface area contributed by atoms with E-state index in [1.165, 1.54) is 0 Å². The van der Waals surface area contributed by atoms with E-state index in [0.29, 0.717) is 45.6 Å². The molecule has 14 nitrogen and oxygen atoms in total. The van der Waals surface area contributed by atoms with Crippen LogP contribution in [0.2, 0.25) is 0 Å². The van der Waals surface area contributed by atoms with E-state index in [1.807, 2.05) is 0 Å². The lowest BCUT2D eigenvalue weighted by molar-refractivity contribution is -0.154. The number of fused-ring (bicyclic) bond motifs is 6. The number of carbonyl (C=O) groups is 4. The number of aliphatic hydroxyl groups is 2. The van der Waals surface area contributed by atoms with E-state index in [1.54, 1.807) is 9.80 Å². The maximum absolute atomic E-state index is 14.2. The van der Waals surface area contributed by atoms with Gasteiger partial charge in [0.05, 0.1) is 25.1 Å². The zero-order valence-electron chi connectivity index (χ0n) is 24.9. The van der Waals surface area contributed by atoms with E-state index in [-0.39, 0.29) is 61.8 Å². The predicted octanol–water partition coefficient (Wildman–Crippen LogP) is -2.89. The predicted molar refractivity (Wildman–Crippen MR) is 151 cm³/mol. The summed E-state index contributed by atoms with van der Waals surface area (Å²) in [6, 6.07) is -1.41. The second-order valence-electron chi connectivity index (χ2n) is 13.1. The Balaban J connectivity index is 1.27. The molecule has 6 fully saturated rings. The fourth-order valence-electron chi connectivity index (χ4n) is 7.75. The minimum atomic E-state index is -1.28. The largest absolute Gasteiger partial charge is 0.388 e. The van der Waals surface area contributed by atoms with Gasteiger partial charge in [-0.15, -0.1) is 0 Å². The zero-order chi connectivity index (χ0) is 30.2. The van der Waals surface area contributed by atoms with Crippen molar-refractivity contribution in [2.24, 2.45) is 5.92 Å². The third kappa shape index (κ3) is 6.40. The summed E-state index contributed by atoms with van der Waals surface area (Å²) < 4.78 is 11.3. The van der Waals surface area contributed by atoms with E-state index in [4.69, 9.17) is 9.47 Å². The topological polar surface area (TPSA) is 164 Å².